The highest BCUT2D eigenvalue weighted by Gasteiger charge is 1.89. The standard InChI is InChI=1S/C2H8BN2O/c1-3(5)2(4)6/h3H,5H2,1H3,(H2,4,6)/q-1. The molecule has 0 rings (SSSR count). The van der Waals surface area contributed by atoms with E-state index >= 15 is 0 Å². The third-order valence-corrected chi connectivity index (χ3v) is 0.550. The third-order valence-electron chi connectivity index (χ3n) is 0.550. The van der Waals surface area contributed by atoms with Crippen LogP contribution in [0.4, 0.5) is 4.79 Å². The molecule has 0 bridgehead atoms. The van der Waals surface area contributed by atoms with Gasteiger partial charge in [-0.15, -0.1) is 0 Å². The fourth-order valence-electron chi connectivity index (χ4n) is 0. The molecule has 0 radical (unpaired) electrons. The van der Waals surface area contributed by atoms with Gasteiger partial charge in [0, 0.05) is 0 Å². The van der Waals surface area contributed by atoms with Crippen LogP contribution >= 0.6 is 0 Å². The van der Waals surface area contributed by atoms with E-state index in [2.05, 4.69) is 0 Å². The predicted molar refractivity (Wildman–Crippen MR) is 26.8 cm³/mol. The molecule has 0 spiro atoms. The Morgan fingerprint density at radius 1 is 1.83 bits per heavy atom. The van der Waals surface area contributed by atoms with Crippen LogP contribution in [0.2, 0.25) is 6.82 Å². The van der Waals surface area contributed by atoms with Crippen LogP contribution < -0.4 is 11.4 Å². The second kappa shape index (κ2) is 1.82. The van der Waals surface area contributed by atoms with Crippen molar-refractivity contribution in [2.45, 2.75) is 6.82 Å². The molecular formula is C2H8BN2O-. The predicted octanol–water partition coefficient (Wildman–Crippen LogP) is -1.04. The molecule has 36 valence electrons. The van der Waals surface area contributed by atoms with Crippen molar-refractivity contribution in [1.82, 2.24) is 0 Å². The summed E-state index contributed by atoms with van der Waals surface area (Å²) in [6, 6.07) is 0. The summed E-state index contributed by atoms with van der Waals surface area (Å²) in [5.41, 5.74) is 9.75. The van der Waals surface area contributed by atoms with Gasteiger partial charge in [-0.3, -0.25) is 0 Å². The van der Waals surface area contributed by atoms with E-state index in [1.807, 2.05) is 0 Å². The molecule has 1 unspecified atom stereocenters. The monoisotopic (exact) mass is 87.1 g/mol. The first kappa shape index (κ1) is 5.49. The quantitative estimate of drug-likeness (QED) is 0.401. The lowest BCUT2D eigenvalue weighted by molar-refractivity contribution is 0.265. The molecule has 1 amide bonds. The molecule has 0 heterocycles. The van der Waals surface area contributed by atoms with Gasteiger partial charge in [-0.1, -0.05) is 0 Å². The number of carbonyl (C=O) groups is 1. The van der Waals surface area contributed by atoms with Crippen molar-refractivity contribution in [3.8, 4) is 0 Å². The summed E-state index contributed by atoms with van der Waals surface area (Å²) in [7, 11) is 0. The maximum absolute atomic E-state index is 9.83. The molecule has 0 fully saturated rings. The van der Waals surface area contributed by atoms with Gasteiger partial charge in [0.25, 0.3) is 0 Å². The van der Waals surface area contributed by atoms with E-state index in [0.717, 1.165) is 0 Å². The lowest BCUT2D eigenvalue weighted by Crippen LogP contribution is -2.36. The average Bonchev–Trinajstić information content (AvgIpc) is 1.36. The average molecular weight is 86.9 g/mol. The highest BCUT2D eigenvalue weighted by Crippen LogP contribution is 1.63. The van der Waals surface area contributed by atoms with E-state index in [0.29, 0.717) is 0 Å². The van der Waals surface area contributed by atoms with Gasteiger partial charge < -0.3 is 16.2 Å². The van der Waals surface area contributed by atoms with Crippen molar-refractivity contribution in [3.05, 3.63) is 0 Å². The minimum Gasteiger partial charge on any atom is -0.497 e. The summed E-state index contributed by atoms with van der Waals surface area (Å²) in [5.74, 6) is -0.380. The van der Waals surface area contributed by atoms with Gasteiger partial charge in [0.2, 0.25) is 0 Å². The van der Waals surface area contributed by atoms with E-state index in [4.69, 9.17) is 11.4 Å². The molecule has 0 saturated carbocycles. The fourth-order valence-corrected chi connectivity index (χ4v) is 0. The van der Waals surface area contributed by atoms with E-state index < -0.39 is 6.85 Å². The lowest BCUT2D eigenvalue weighted by Gasteiger charge is -1.99. The number of hydrogen-bond acceptors (Lipinski definition) is 2. The van der Waals surface area contributed by atoms with Crippen LogP contribution in [0.1, 0.15) is 0 Å². The summed E-state index contributed by atoms with van der Waals surface area (Å²) in [6.45, 7) is 0.461. The normalized spacial score (nSPS) is 13.7. The van der Waals surface area contributed by atoms with Gasteiger partial charge in [-0.05, 0) is 0 Å². The van der Waals surface area contributed by atoms with Crippen LogP contribution in [0.25, 0.3) is 0 Å². The smallest absolute Gasteiger partial charge is 0.134 e. The Kier molecular flexibility index (Phi) is 1.67. The summed E-state index contributed by atoms with van der Waals surface area (Å²) >= 11 is 0. The maximum atomic E-state index is 9.83. The van der Waals surface area contributed by atoms with Crippen LogP contribution in [0, 0.1) is 0 Å². The van der Waals surface area contributed by atoms with E-state index in [9.17, 15) is 4.79 Å². The van der Waals surface area contributed by atoms with Gasteiger partial charge in [0.1, 0.15) is 6.85 Å². The van der Waals surface area contributed by atoms with Crippen LogP contribution in [0.5, 0.6) is 0 Å². The Bertz CT molecular complexity index is 62.6. The second-order valence-corrected chi connectivity index (χ2v) is 1.43. The topological polar surface area (TPSA) is 69.1 Å². The van der Waals surface area contributed by atoms with Crippen molar-refractivity contribution in [1.29, 1.82) is 0 Å². The molecule has 4 N–H and O–H groups in total. The number of amides is 1. The summed E-state index contributed by atoms with van der Waals surface area (Å²) in [6.07, 6.45) is 0. The van der Waals surface area contributed by atoms with Crippen molar-refractivity contribution >= 4 is 12.7 Å². The Labute approximate surface area is 36.8 Å². The Hall–Kier alpha value is -0.505. The van der Waals surface area contributed by atoms with Crippen LogP contribution in [0.3, 0.4) is 0 Å². The minimum atomic E-state index is -1.17. The Morgan fingerprint density at radius 3 is 2.00 bits per heavy atom. The molecule has 0 aliphatic carbocycles. The second-order valence-electron chi connectivity index (χ2n) is 1.43. The number of primary amides is 1. The number of carbonyl (C=O) groups excluding carboxylic acids is 1. The molecule has 0 saturated heterocycles. The molecule has 6 heavy (non-hydrogen) atoms. The zero-order valence-corrected chi connectivity index (χ0v) is 3.77. The zero-order valence-electron chi connectivity index (χ0n) is 3.77. The fraction of sp³-hybridized carbons (Fsp3) is 0.500. The molecule has 0 aliphatic rings. The molecule has 0 aromatic heterocycles. The molecule has 0 aromatic rings. The molecule has 0 aromatic carbocycles. The van der Waals surface area contributed by atoms with Crippen molar-refractivity contribution in [3.63, 3.8) is 0 Å². The van der Waals surface area contributed by atoms with Crippen LogP contribution in [0.15, 0.2) is 0 Å². The lowest BCUT2D eigenvalue weighted by atomic mass is 9.67. The van der Waals surface area contributed by atoms with Crippen LogP contribution in [-0.2, 0) is 0 Å². The first-order valence-electron chi connectivity index (χ1n) is 1.96. The highest BCUT2D eigenvalue weighted by atomic mass is 16.1. The first-order valence-corrected chi connectivity index (χ1v) is 1.96. The zero-order chi connectivity index (χ0) is 5.15. The highest BCUT2D eigenvalue weighted by molar-refractivity contribution is 6.86. The van der Waals surface area contributed by atoms with E-state index in [1.165, 1.54) is 0 Å². The number of rotatable bonds is 1. The van der Waals surface area contributed by atoms with E-state index in [1.54, 1.807) is 6.82 Å². The van der Waals surface area contributed by atoms with Gasteiger partial charge in [0.05, 0.1) is 5.81 Å². The maximum Gasteiger partial charge on any atom is 0.134 e. The molecule has 0 aliphatic heterocycles. The Balaban J connectivity index is 3.26. The van der Waals surface area contributed by atoms with Gasteiger partial charge in [0.15, 0.2) is 0 Å². The molecular weight excluding hydrogens is 78.8 g/mol. The van der Waals surface area contributed by atoms with E-state index in [-0.39, 0.29) is 5.81 Å². The van der Waals surface area contributed by atoms with Gasteiger partial charge >= 0.3 is 0 Å². The SMILES string of the molecule is C[BH-](N)C(N)=O. The minimum absolute atomic E-state index is 0.380. The summed E-state index contributed by atoms with van der Waals surface area (Å²) < 4.78 is 0. The number of hydrogen-bond donors (Lipinski definition) is 2. The summed E-state index contributed by atoms with van der Waals surface area (Å²) in [5, 5.41) is 0. The Morgan fingerprint density at radius 2 is 2.00 bits per heavy atom. The van der Waals surface area contributed by atoms with Gasteiger partial charge in [-0.2, -0.15) is 6.82 Å². The largest absolute Gasteiger partial charge is 0.497 e. The van der Waals surface area contributed by atoms with Crippen LogP contribution in [-0.4, -0.2) is 12.7 Å². The van der Waals surface area contributed by atoms with Crippen molar-refractivity contribution in [2.24, 2.45) is 11.4 Å². The molecule has 4 heteroatoms. The van der Waals surface area contributed by atoms with Crippen molar-refractivity contribution < 1.29 is 4.79 Å². The van der Waals surface area contributed by atoms with Gasteiger partial charge in [-0.25, -0.2) is 0 Å². The number of nitrogens with two attached hydrogens (primary N) is 2. The molecule has 1 atom stereocenters. The summed E-state index contributed by atoms with van der Waals surface area (Å²) in [4.78, 5) is 9.83. The first-order chi connectivity index (χ1) is 2.64. The van der Waals surface area contributed by atoms with Crippen molar-refractivity contribution in [2.75, 3.05) is 0 Å². The molecule has 3 nitrogen and oxygen atoms in total. The third kappa shape index (κ3) is 1.78.